The van der Waals surface area contributed by atoms with Crippen molar-refractivity contribution in [2.45, 2.75) is 65.1 Å². The number of carbonyl (C=O) groups is 2. The number of carbonyl (C=O) groups excluding carboxylic acids is 2. The van der Waals surface area contributed by atoms with Crippen LogP contribution >= 0.6 is 0 Å². The van der Waals surface area contributed by atoms with E-state index in [-0.39, 0.29) is 35.7 Å². The lowest BCUT2D eigenvalue weighted by atomic mass is 9.97. The molecular formula is C15H29N3O2. The molecule has 3 unspecified atom stereocenters. The molecule has 0 aromatic rings. The Morgan fingerprint density at radius 3 is 2.45 bits per heavy atom. The summed E-state index contributed by atoms with van der Waals surface area (Å²) in [5.41, 5.74) is 6.00. The van der Waals surface area contributed by atoms with Gasteiger partial charge in [0.15, 0.2) is 5.78 Å². The number of hydrogen-bond donors (Lipinski definition) is 2. The fraction of sp³-hybridized carbons (Fsp3) is 0.867. The van der Waals surface area contributed by atoms with Gasteiger partial charge in [0.05, 0.1) is 12.6 Å². The summed E-state index contributed by atoms with van der Waals surface area (Å²) < 4.78 is 0. The third kappa shape index (κ3) is 4.87. The standard InChI is InChI=1S/C15H29N3O2/c1-10(2)15(12(4)19)17-14(20)9-18-8-6-5-7-13(18)11(3)16/h10-11,13,15H,5-9,16H2,1-4H3,(H,17,20). The Labute approximate surface area is 122 Å². The van der Waals surface area contributed by atoms with Gasteiger partial charge in [0.2, 0.25) is 5.91 Å². The first-order valence-corrected chi connectivity index (χ1v) is 7.62. The Bertz CT molecular complexity index is 342. The van der Waals surface area contributed by atoms with Gasteiger partial charge >= 0.3 is 0 Å². The monoisotopic (exact) mass is 283 g/mol. The van der Waals surface area contributed by atoms with Crippen LogP contribution in [0.15, 0.2) is 0 Å². The van der Waals surface area contributed by atoms with E-state index in [1.165, 1.54) is 13.3 Å². The van der Waals surface area contributed by atoms with E-state index >= 15 is 0 Å². The molecule has 1 aliphatic rings. The highest BCUT2D eigenvalue weighted by molar-refractivity contribution is 5.88. The van der Waals surface area contributed by atoms with Gasteiger partial charge in [-0.15, -0.1) is 0 Å². The Hall–Kier alpha value is -0.940. The van der Waals surface area contributed by atoms with Crippen molar-refractivity contribution < 1.29 is 9.59 Å². The molecular weight excluding hydrogens is 254 g/mol. The predicted octanol–water partition coefficient (Wildman–Crippen LogP) is 0.918. The van der Waals surface area contributed by atoms with Gasteiger partial charge < -0.3 is 11.1 Å². The van der Waals surface area contributed by atoms with E-state index < -0.39 is 0 Å². The summed E-state index contributed by atoms with van der Waals surface area (Å²) >= 11 is 0. The Balaban J connectivity index is 2.57. The SMILES string of the molecule is CC(=O)C(NC(=O)CN1CCCCC1C(C)N)C(C)C. The first kappa shape index (κ1) is 17.1. The van der Waals surface area contributed by atoms with E-state index in [2.05, 4.69) is 10.2 Å². The highest BCUT2D eigenvalue weighted by atomic mass is 16.2. The first-order chi connectivity index (χ1) is 9.32. The van der Waals surface area contributed by atoms with Gasteiger partial charge in [-0.1, -0.05) is 20.3 Å². The van der Waals surface area contributed by atoms with E-state index in [0.717, 1.165) is 19.4 Å². The fourth-order valence-corrected chi connectivity index (χ4v) is 2.95. The molecule has 20 heavy (non-hydrogen) atoms. The van der Waals surface area contributed by atoms with Crippen molar-refractivity contribution >= 4 is 11.7 Å². The van der Waals surface area contributed by atoms with Crippen molar-refractivity contribution in [3.05, 3.63) is 0 Å². The molecule has 0 aliphatic carbocycles. The van der Waals surface area contributed by atoms with Gasteiger partial charge in [0, 0.05) is 12.1 Å². The third-order valence-electron chi connectivity index (χ3n) is 4.04. The van der Waals surface area contributed by atoms with Crippen LogP contribution in [0.5, 0.6) is 0 Å². The topological polar surface area (TPSA) is 75.4 Å². The van der Waals surface area contributed by atoms with Crippen LogP contribution in [-0.4, -0.2) is 47.8 Å². The molecule has 3 N–H and O–H groups in total. The highest BCUT2D eigenvalue weighted by Crippen LogP contribution is 2.18. The molecule has 3 atom stereocenters. The number of hydrogen-bond acceptors (Lipinski definition) is 4. The lowest BCUT2D eigenvalue weighted by molar-refractivity contribution is -0.129. The molecule has 5 nitrogen and oxygen atoms in total. The summed E-state index contributed by atoms with van der Waals surface area (Å²) in [5, 5.41) is 2.85. The van der Waals surface area contributed by atoms with Crippen LogP contribution in [0.1, 0.15) is 47.0 Å². The summed E-state index contributed by atoms with van der Waals surface area (Å²) in [5.74, 6) is 0.0456. The molecule has 0 bridgehead atoms. The average Bonchev–Trinajstić information content (AvgIpc) is 2.35. The number of ketones is 1. The second kappa shape index (κ2) is 7.74. The molecule has 0 aromatic heterocycles. The van der Waals surface area contributed by atoms with Crippen molar-refractivity contribution in [1.82, 2.24) is 10.2 Å². The Morgan fingerprint density at radius 2 is 1.95 bits per heavy atom. The molecule has 0 spiro atoms. The molecule has 0 saturated carbocycles. The summed E-state index contributed by atoms with van der Waals surface area (Å²) in [6.45, 7) is 8.65. The van der Waals surface area contributed by atoms with Crippen molar-refractivity contribution in [3.63, 3.8) is 0 Å². The fourth-order valence-electron chi connectivity index (χ4n) is 2.95. The second-order valence-corrected chi connectivity index (χ2v) is 6.29. The molecule has 1 fully saturated rings. The first-order valence-electron chi connectivity index (χ1n) is 7.62. The number of nitrogens with zero attached hydrogens (tertiary/aromatic N) is 1. The van der Waals surface area contributed by atoms with Crippen LogP contribution in [0.3, 0.4) is 0 Å². The third-order valence-corrected chi connectivity index (χ3v) is 4.04. The molecule has 1 aliphatic heterocycles. The normalized spacial score (nSPS) is 23.4. The van der Waals surface area contributed by atoms with Crippen LogP contribution in [0.25, 0.3) is 0 Å². The van der Waals surface area contributed by atoms with Crippen LogP contribution in [0.2, 0.25) is 0 Å². The number of rotatable bonds is 6. The lowest BCUT2D eigenvalue weighted by Crippen LogP contribution is -2.54. The van der Waals surface area contributed by atoms with Crippen LogP contribution in [0.4, 0.5) is 0 Å². The van der Waals surface area contributed by atoms with Crippen molar-refractivity contribution in [1.29, 1.82) is 0 Å². The quantitative estimate of drug-likeness (QED) is 0.760. The number of likely N-dealkylation sites (tertiary alicyclic amines) is 1. The van der Waals surface area contributed by atoms with Crippen LogP contribution < -0.4 is 11.1 Å². The summed E-state index contributed by atoms with van der Waals surface area (Å²) in [7, 11) is 0. The van der Waals surface area contributed by atoms with E-state index in [4.69, 9.17) is 5.73 Å². The number of nitrogens with one attached hydrogen (secondary N) is 1. The molecule has 1 heterocycles. The lowest BCUT2D eigenvalue weighted by Gasteiger charge is -2.37. The maximum absolute atomic E-state index is 12.2. The summed E-state index contributed by atoms with van der Waals surface area (Å²) in [6, 6.07) is -0.0535. The maximum atomic E-state index is 12.2. The molecule has 1 rings (SSSR count). The van der Waals surface area contributed by atoms with E-state index in [1.54, 1.807) is 0 Å². The number of Topliss-reactive ketones (excluding diaryl/α,β-unsaturated/α-hetero) is 1. The van der Waals surface area contributed by atoms with Crippen molar-refractivity contribution in [2.75, 3.05) is 13.1 Å². The van der Waals surface area contributed by atoms with Gasteiger partial charge in [0.25, 0.3) is 0 Å². The van der Waals surface area contributed by atoms with Gasteiger partial charge in [-0.05, 0) is 39.2 Å². The molecule has 116 valence electrons. The van der Waals surface area contributed by atoms with Gasteiger partial charge in [0.1, 0.15) is 0 Å². The zero-order chi connectivity index (χ0) is 15.3. The van der Waals surface area contributed by atoms with Gasteiger partial charge in [-0.3, -0.25) is 14.5 Å². The zero-order valence-electron chi connectivity index (χ0n) is 13.2. The largest absolute Gasteiger partial charge is 0.345 e. The molecule has 0 radical (unpaired) electrons. The van der Waals surface area contributed by atoms with Gasteiger partial charge in [-0.25, -0.2) is 0 Å². The number of amides is 1. The van der Waals surface area contributed by atoms with Crippen molar-refractivity contribution in [3.8, 4) is 0 Å². The predicted molar refractivity (Wildman–Crippen MR) is 80.3 cm³/mol. The molecule has 5 heteroatoms. The smallest absolute Gasteiger partial charge is 0.234 e. The molecule has 1 amide bonds. The summed E-state index contributed by atoms with van der Waals surface area (Å²) in [6.07, 6.45) is 3.33. The minimum absolute atomic E-state index is 0.00994. The second-order valence-electron chi connectivity index (χ2n) is 6.29. The maximum Gasteiger partial charge on any atom is 0.234 e. The number of nitrogens with two attached hydrogens (primary N) is 1. The molecule has 0 aromatic carbocycles. The van der Waals surface area contributed by atoms with Gasteiger partial charge in [-0.2, -0.15) is 0 Å². The molecule has 1 saturated heterocycles. The van der Waals surface area contributed by atoms with E-state index in [1.807, 2.05) is 20.8 Å². The van der Waals surface area contributed by atoms with Crippen molar-refractivity contribution in [2.24, 2.45) is 11.7 Å². The van der Waals surface area contributed by atoms with E-state index in [9.17, 15) is 9.59 Å². The minimum atomic E-state index is -0.388. The minimum Gasteiger partial charge on any atom is -0.345 e. The Kier molecular flexibility index (Phi) is 6.62. The van der Waals surface area contributed by atoms with E-state index in [0.29, 0.717) is 6.54 Å². The van der Waals surface area contributed by atoms with Crippen LogP contribution in [0, 0.1) is 5.92 Å². The average molecular weight is 283 g/mol. The zero-order valence-corrected chi connectivity index (χ0v) is 13.2. The number of piperidine rings is 1. The van der Waals surface area contributed by atoms with Crippen LogP contribution in [-0.2, 0) is 9.59 Å². The Morgan fingerprint density at radius 1 is 1.30 bits per heavy atom. The summed E-state index contributed by atoms with van der Waals surface area (Å²) in [4.78, 5) is 25.8. The highest BCUT2D eigenvalue weighted by Gasteiger charge is 2.28.